The van der Waals surface area contributed by atoms with Crippen molar-refractivity contribution >= 4 is 5.96 Å². The fourth-order valence-electron chi connectivity index (χ4n) is 2.50. The first-order chi connectivity index (χ1) is 9.13. The van der Waals surface area contributed by atoms with E-state index in [1.165, 1.54) is 32.4 Å². The lowest BCUT2D eigenvalue weighted by molar-refractivity contribution is 0.168. The van der Waals surface area contributed by atoms with Crippen LogP contribution in [0.25, 0.3) is 0 Å². The molecule has 1 fully saturated rings. The zero-order valence-electron chi connectivity index (χ0n) is 12.7. The summed E-state index contributed by atoms with van der Waals surface area (Å²) in [7, 11) is 1.69. The van der Waals surface area contributed by atoms with Crippen LogP contribution in [0.3, 0.4) is 0 Å². The predicted octanol–water partition coefficient (Wildman–Crippen LogP) is 1.19. The summed E-state index contributed by atoms with van der Waals surface area (Å²) in [5, 5.41) is 3.12. The van der Waals surface area contributed by atoms with Crippen LogP contribution in [-0.4, -0.2) is 56.3 Å². The number of hydrogen-bond acceptors (Lipinski definition) is 3. The Kier molecular flexibility index (Phi) is 7.82. The Morgan fingerprint density at radius 3 is 2.63 bits per heavy atom. The normalized spacial score (nSPS) is 21.1. The van der Waals surface area contributed by atoms with Gasteiger partial charge in [0.2, 0.25) is 0 Å². The first-order valence-corrected chi connectivity index (χ1v) is 7.43. The van der Waals surface area contributed by atoms with Crippen LogP contribution < -0.4 is 11.1 Å². The number of hydrogen-bond donors (Lipinski definition) is 2. The number of nitrogens with two attached hydrogens (primary N) is 1. The van der Waals surface area contributed by atoms with Crippen LogP contribution in [0.1, 0.15) is 39.5 Å². The van der Waals surface area contributed by atoms with Gasteiger partial charge in [0.1, 0.15) is 0 Å². The minimum absolute atomic E-state index is 0.202. The molecule has 1 saturated heterocycles. The van der Waals surface area contributed by atoms with Crippen molar-refractivity contribution in [2.24, 2.45) is 10.7 Å². The second-order valence-corrected chi connectivity index (χ2v) is 5.50. The number of ether oxygens (including phenoxy) is 1. The van der Waals surface area contributed by atoms with Gasteiger partial charge in [0.25, 0.3) is 0 Å². The molecule has 112 valence electrons. The lowest BCUT2D eigenvalue weighted by Gasteiger charge is -2.32. The summed E-state index contributed by atoms with van der Waals surface area (Å²) >= 11 is 0. The summed E-state index contributed by atoms with van der Waals surface area (Å²) in [5.74, 6) is 0.524. The van der Waals surface area contributed by atoms with Crippen LogP contribution >= 0.6 is 0 Å². The molecule has 0 amide bonds. The van der Waals surface area contributed by atoms with Gasteiger partial charge in [-0.1, -0.05) is 6.42 Å². The Hall–Kier alpha value is -0.810. The number of nitrogens with zero attached hydrogens (tertiary/aromatic N) is 2. The third kappa shape index (κ3) is 6.78. The highest BCUT2D eigenvalue weighted by atomic mass is 16.5. The Bertz CT molecular complexity index is 264. The van der Waals surface area contributed by atoms with Crippen LogP contribution in [-0.2, 0) is 4.74 Å². The molecule has 0 spiro atoms. The van der Waals surface area contributed by atoms with E-state index in [0.717, 1.165) is 13.0 Å². The van der Waals surface area contributed by atoms with Crippen molar-refractivity contribution < 1.29 is 4.74 Å². The topological polar surface area (TPSA) is 62.9 Å². The fraction of sp³-hybridized carbons (Fsp3) is 0.929. The van der Waals surface area contributed by atoms with Gasteiger partial charge in [-0.15, -0.1) is 0 Å². The molecule has 0 aromatic rings. The Morgan fingerprint density at radius 2 is 2.00 bits per heavy atom. The number of guanidine groups is 1. The van der Waals surface area contributed by atoms with Crippen LogP contribution in [0.4, 0.5) is 0 Å². The van der Waals surface area contributed by atoms with E-state index in [9.17, 15) is 0 Å². The van der Waals surface area contributed by atoms with Gasteiger partial charge >= 0.3 is 0 Å². The quantitative estimate of drug-likeness (QED) is 0.539. The van der Waals surface area contributed by atoms with Crippen LogP contribution in [0, 0.1) is 0 Å². The molecular formula is C14H30N4O. The Morgan fingerprint density at radius 1 is 1.32 bits per heavy atom. The van der Waals surface area contributed by atoms with E-state index in [1.807, 2.05) is 6.92 Å². The second-order valence-electron chi connectivity index (χ2n) is 5.50. The molecule has 5 nitrogen and oxygen atoms in total. The standard InChI is InChI=1S/C14H30N4O/c1-12(11-19-3)17-14(15)16-8-7-13(2)18-9-5-4-6-10-18/h12-13H,4-11H2,1-3H3,(H3,15,16,17). The van der Waals surface area contributed by atoms with Crippen molar-refractivity contribution in [3.63, 3.8) is 0 Å². The minimum atomic E-state index is 0.202. The van der Waals surface area contributed by atoms with Crippen LogP contribution in [0.2, 0.25) is 0 Å². The van der Waals surface area contributed by atoms with Gasteiger partial charge in [0.05, 0.1) is 6.61 Å². The van der Waals surface area contributed by atoms with Gasteiger partial charge in [-0.25, -0.2) is 0 Å². The summed E-state index contributed by atoms with van der Waals surface area (Å²) in [6.45, 7) is 8.23. The van der Waals surface area contributed by atoms with Crippen molar-refractivity contribution in [1.82, 2.24) is 10.2 Å². The number of rotatable bonds is 7. The van der Waals surface area contributed by atoms with Gasteiger partial charge in [-0.3, -0.25) is 4.99 Å². The third-order valence-corrected chi connectivity index (χ3v) is 3.65. The van der Waals surface area contributed by atoms with Gasteiger partial charge in [0.15, 0.2) is 5.96 Å². The molecular weight excluding hydrogens is 240 g/mol. The van der Waals surface area contributed by atoms with Crippen molar-refractivity contribution in [3.05, 3.63) is 0 Å². The number of aliphatic imine (C=N–C) groups is 1. The Balaban J connectivity index is 2.19. The maximum Gasteiger partial charge on any atom is 0.188 e. The summed E-state index contributed by atoms with van der Waals surface area (Å²) < 4.78 is 5.05. The second kappa shape index (κ2) is 9.15. The molecule has 3 N–H and O–H groups in total. The molecule has 0 aromatic carbocycles. The van der Waals surface area contributed by atoms with E-state index in [4.69, 9.17) is 10.5 Å². The molecule has 1 aliphatic heterocycles. The van der Waals surface area contributed by atoms with Crippen LogP contribution in [0.5, 0.6) is 0 Å². The first kappa shape index (κ1) is 16.2. The van der Waals surface area contributed by atoms with Crippen molar-refractivity contribution in [2.75, 3.05) is 33.4 Å². The first-order valence-electron chi connectivity index (χ1n) is 7.43. The average Bonchev–Trinajstić information content (AvgIpc) is 2.39. The molecule has 0 aromatic heterocycles. The van der Waals surface area contributed by atoms with Gasteiger partial charge in [-0.2, -0.15) is 0 Å². The molecule has 1 rings (SSSR count). The molecule has 5 heteroatoms. The molecule has 19 heavy (non-hydrogen) atoms. The number of methoxy groups -OCH3 is 1. The lowest BCUT2D eigenvalue weighted by Crippen LogP contribution is -2.41. The molecule has 1 heterocycles. The molecule has 0 radical (unpaired) electrons. The van der Waals surface area contributed by atoms with E-state index in [2.05, 4.69) is 22.1 Å². The highest BCUT2D eigenvalue weighted by Crippen LogP contribution is 2.13. The zero-order chi connectivity index (χ0) is 14.1. The average molecular weight is 270 g/mol. The van der Waals surface area contributed by atoms with E-state index in [-0.39, 0.29) is 6.04 Å². The van der Waals surface area contributed by atoms with Gasteiger partial charge < -0.3 is 20.7 Å². The summed E-state index contributed by atoms with van der Waals surface area (Å²) in [4.78, 5) is 6.95. The number of piperidine rings is 1. The zero-order valence-corrected chi connectivity index (χ0v) is 12.7. The smallest absolute Gasteiger partial charge is 0.188 e. The lowest BCUT2D eigenvalue weighted by atomic mass is 10.1. The molecule has 2 unspecified atom stereocenters. The maximum absolute atomic E-state index is 5.84. The monoisotopic (exact) mass is 270 g/mol. The highest BCUT2D eigenvalue weighted by molar-refractivity contribution is 5.78. The SMILES string of the molecule is COCC(C)NC(N)=NCCC(C)N1CCCCC1. The number of nitrogens with one attached hydrogen (secondary N) is 1. The summed E-state index contributed by atoms with van der Waals surface area (Å²) in [6, 6.07) is 0.807. The fourth-order valence-corrected chi connectivity index (χ4v) is 2.50. The third-order valence-electron chi connectivity index (χ3n) is 3.65. The van der Waals surface area contributed by atoms with E-state index in [0.29, 0.717) is 18.6 Å². The molecule has 0 bridgehead atoms. The van der Waals surface area contributed by atoms with Crippen molar-refractivity contribution in [1.29, 1.82) is 0 Å². The highest BCUT2D eigenvalue weighted by Gasteiger charge is 2.15. The molecule has 0 aliphatic carbocycles. The van der Waals surface area contributed by atoms with E-state index >= 15 is 0 Å². The largest absolute Gasteiger partial charge is 0.383 e. The van der Waals surface area contributed by atoms with Crippen molar-refractivity contribution in [3.8, 4) is 0 Å². The maximum atomic E-state index is 5.84. The van der Waals surface area contributed by atoms with Crippen LogP contribution in [0.15, 0.2) is 4.99 Å². The Labute approximate surface area is 117 Å². The molecule has 0 saturated carbocycles. The molecule has 1 aliphatic rings. The molecule has 2 atom stereocenters. The van der Waals surface area contributed by atoms with Gasteiger partial charge in [-0.05, 0) is 46.2 Å². The van der Waals surface area contributed by atoms with Gasteiger partial charge in [0, 0.05) is 25.7 Å². The summed E-state index contributed by atoms with van der Waals surface area (Å²) in [6.07, 6.45) is 5.13. The number of likely N-dealkylation sites (tertiary alicyclic amines) is 1. The van der Waals surface area contributed by atoms with E-state index in [1.54, 1.807) is 7.11 Å². The predicted molar refractivity (Wildman–Crippen MR) is 80.5 cm³/mol. The minimum Gasteiger partial charge on any atom is -0.383 e. The summed E-state index contributed by atoms with van der Waals surface area (Å²) in [5.41, 5.74) is 5.84. The van der Waals surface area contributed by atoms with Crippen molar-refractivity contribution in [2.45, 2.75) is 51.6 Å². The van der Waals surface area contributed by atoms with E-state index < -0.39 is 0 Å².